The van der Waals surface area contributed by atoms with Gasteiger partial charge in [0.25, 0.3) is 0 Å². The third-order valence-corrected chi connectivity index (χ3v) is 21.8. The average Bonchev–Trinajstić information content (AvgIpc) is 2.49. The van der Waals surface area contributed by atoms with Crippen LogP contribution >= 0.6 is 0 Å². The first kappa shape index (κ1) is 24.7. The number of hydrogen-bond donors (Lipinski definition) is 0. The zero-order valence-electron chi connectivity index (χ0n) is 18.6. The molecule has 1 fully saturated rings. The van der Waals surface area contributed by atoms with E-state index in [1.54, 1.807) is 0 Å². The molecule has 3 atom stereocenters. The molecule has 0 aliphatic carbocycles. The van der Waals surface area contributed by atoms with Gasteiger partial charge in [0.2, 0.25) is 0 Å². The van der Waals surface area contributed by atoms with Crippen molar-refractivity contribution in [3.8, 4) is 0 Å². The third-order valence-electron chi connectivity index (χ3n) is 4.84. The molecule has 0 bridgehead atoms. The van der Waals surface area contributed by atoms with Crippen LogP contribution in [0.1, 0.15) is 66.7 Å². The molecule has 1 saturated heterocycles. The van der Waals surface area contributed by atoms with Gasteiger partial charge in [-0.25, -0.2) is 0 Å². The third kappa shape index (κ3) is 8.38. The van der Waals surface area contributed by atoms with Crippen molar-refractivity contribution in [1.29, 1.82) is 0 Å². The van der Waals surface area contributed by atoms with Gasteiger partial charge in [-0.15, -0.1) is 0 Å². The van der Waals surface area contributed by atoms with Gasteiger partial charge < -0.3 is 16.5 Å². The summed E-state index contributed by atoms with van der Waals surface area (Å²) in [5.41, 5.74) is 0. The SMILES string of the molecule is CCCC[Si]1(C)O[Si](CCC(C)C)O[Si](C)(CCC)O[Si](C)(CCC)O1. The van der Waals surface area contributed by atoms with Gasteiger partial charge in [-0.1, -0.05) is 60.3 Å². The van der Waals surface area contributed by atoms with Crippen molar-refractivity contribution in [3.05, 3.63) is 0 Å². The van der Waals surface area contributed by atoms with E-state index in [-0.39, 0.29) is 0 Å². The molecule has 0 aromatic heterocycles. The Kier molecular flexibility index (Phi) is 10.5. The summed E-state index contributed by atoms with van der Waals surface area (Å²) in [6, 6.07) is 4.18. The van der Waals surface area contributed by atoms with Crippen LogP contribution < -0.4 is 0 Å². The molecular weight excluding hydrogens is 393 g/mol. The Morgan fingerprint density at radius 1 is 0.731 bits per heavy atom. The Morgan fingerprint density at radius 3 is 1.69 bits per heavy atom. The topological polar surface area (TPSA) is 36.9 Å². The predicted octanol–water partition coefficient (Wildman–Crippen LogP) is 6.44. The molecule has 0 aromatic carbocycles. The van der Waals surface area contributed by atoms with Crippen LogP contribution in [-0.2, 0) is 16.5 Å². The minimum absolute atomic E-state index is 0.675. The molecule has 8 heteroatoms. The van der Waals surface area contributed by atoms with Crippen LogP contribution in [-0.4, -0.2) is 35.0 Å². The second-order valence-corrected chi connectivity index (χ2v) is 21.5. The molecule has 0 aromatic rings. The highest BCUT2D eigenvalue weighted by atomic mass is 28.5. The minimum Gasteiger partial charge on any atom is -0.416 e. The van der Waals surface area contributed by atoms with E-state index < -0.39 is 35.0 Å². The van der Waals surface area contributed by atoms with E-state index in [0.717, 1.165) is 43.4 Å². The number of hydrogen-bond acceptors (Lipinski definition) is 4. The van der Waals surface area contributed by atoms with Crippen LogP contribution in [0.25, 0.3) is 0 Å². The molecule has 26 heavy (non-hydrogen) atoms. The van der Waals surface area contributed by atoms with Crippen LogP contribution in [0.3, 0.4) is 0 Å². The Balaban J connectivity index is 3.10. The lowest BCUT2D eigenvalue weighted by atomic mass is 10.2. The molecule has 1 radical (unpaired) electrons. The highest BCUT2D eigenvalue weighted by Gasteiger charge is 2.52. The lowest BCUT2D eigenvalue weighted by molar-refractivity contribution is 0.233. The quantitative estimate of drug-likeness (QED) is 0.370. The van der Waals surface area contributed by atoms with Crippen molar-refractivity contribution in [1.82, 2.24) is 0 Å². The summed E-state index contributed by atoms with van der Waals surface area (Å²) in [6.07, 6.45) is 5.71. The van der Waals surface area contributed by atoms with Crippen LogP contribution in [0.5, 0.6) is 0 Å². The fourth-order valence-electron chi connectivity index (χ4n) is 3.70. The summed E-state index contributed by atoms with van der Waals surface area (Å²) in [7, 11) is -8.09. The van der Waals surface area contributed by atoms with Crippen LogP contribution in [0.2, 0.25) is 43.8 Å². The minimum atomic E-state index is -2.26. The lowest BCUT2D eigenvalue weighted by Gasteiger charge is -2.47. The van der Waals surface area contributed by atoms with E-state index in [9.17, 15) is 0 Å². The van der Waals surface area contributed by atoms with Crippen molar-refractivity contribution in [3.63, 3.8) is 0 Å². The van der Waals surface area contributed by atoms with E-state index >= 15 is 0 Å². The van der Waals surface area contributed by atoms with Crippen molar-refractivity contribution in [2.45, 2.75) is 111 Å². The first-order valence-corrected chi connectivity index (χ1v) is 19.8. The molecule has 0 amide bonds. The molecule has 1 aliphatic heterocycles. The molecule has 155 valence electrons. The molecule has 1 heterocycles. The monoisotopic (exact) mass is 435 g/mol. The number of rotatable bonds is 10. The van der Waals surface area contributed by atoms with Crippen molar-refractivity contribution >= 4 is 35.0 Å². The van der Waals surface area contributed by atoms with Gasteiger partial charge in [0.1, 0.15) is 0 Å². The molecular formula is C18H43O4Si4. The van der Waals surface area contributed by atoms with Gasteiger partial charge in [-0.2, -0.15) is 0 Å². The highest BCUT2D eigenvalue weighted by molar-refractivity contribution is 6.90. The molecule has 4 nitrogen and oxygen atoms in total. The van der Waals surface area contributed by atoms with E-state index in [2.05, 4.69) is 54.3 Å². The van der Waals surface area contributed by atoms with Gasteiger partial charge in [-0.05, 0) is 56.2 Å². The predicted molar refractivity (Wildman–Crippen MR) is 119 cm³/mol. The van der Waals surface area contributed by atoms with Gasteiger partial charge in [-0.3, -0.25) is 0 Å². The first-order chi connectivity index (χ1) is 12.1. The van der Waals surface area contributed by atoms with Crippen LogP contribution in [0.15, 0.2) is 0 Å². The second kappa shape index (κ2) is 11.0. The summed E-state index contributed by atoms with van der Waals surface area (Å²) in [4.78, 5) is 0. The van der Waals surface area contributed by atoms with Crippen molar-refractivity contribution < 1.29 is 16.5 Å². The Labute approximate surface area is 167 Å². The summed E-state index contributed by atoms with van der Waals surface area (Å²) in [6.45, 7) is 18.0. The zero-order valence-corrected chi connectivity index (χ0v) is 22.6. The molecule has 1 rings (SSSR count). The zero-order chi connectivity index (χ0) is 19.8. The van der Waals surface area contributed by atoms with E-state index in [0.29, 0.717) is 5.92 Å². The highest BCUT2D eigenvalue weighted by Crippen LogP contribution is 2.35. The lowest BCUT2D eigenvalue weighted by Crippen LogP contribution is -2.63. The first-order valence-electron chi connectivity index (χ1n) is 10.7. The fourth-order valence-corrected chi connectivity index (χ4v) is 23.9. The maximum Gasteiger partial charge on any atom is 0.365 e. The van der Waals surface area contributed by atoms with E-state index in [1.165, 1.54) is 12.8 Å². The molecule has 0 N–H and O–H groups in total. The molecule has 0 spiro atoms. The summed E-state index contributed by atoms with van der Waals surface area (Å²) in [5.74, 6) is 0.675. The Morgan fingerprint density at radius 2 is 1.23 bits per heavy atom. The van der Waals surface area contributed by atoms with Gasteiger partial charge in [0.05, 0.1) is 0 Å². The van der Waals surface area contributed by atoms with Gasteiger partial charge >= 0.3 is 35.0 Å². The Hall–Kier alpha value is 0.708. The fraction of sp³-hybridized carbons (Fsp3) is 1.00. The normalized spacial score (nSPS) is 34.0. The number of unbranched alkanes of at least 4 members (excludes halogenated alkanes) is 1. The van der Waals surface area contributed by atoms with Crippen LogP contribution in [0, 0.1) is 5.92 Å². The van der Waals surface area contributed by atoms with Crippen molar-refractivity contribution in [2.75, 3.05) is 0 Å². The standard InChI is InChI=1S/C18H43O4Si4/c1-9-12-17-25(7)20-23(14-13-18(4)5)19-24(6,15-10-2)21-26(8,22-25)16-11-3/h18H,9-17H2,1-8H3. The van der Waals surface area contributed by atoms with Crippen LogP contribution in [0.4, 0.5) is 0 Å². The maximum atomic E-state index is 6.90. The average molecular weight is 436 g/mol. The summed E-state index contributed by atoms with van der Waals surface area (Å²) >= 11 is 0. The summed E-state index contributed by atoms with van der Waals surface area (Å²) in [5, 5.41) is 0. The van der Waals surface area contributed by atoms with Crippen molar-refractivity contribution in [2.24, 2.45) is 5.92 Å². The van der Waals surface area contributed by atoms with Gasteiger partial charge in [0.15, 0.2) is 0 Å². The molecule has 3 unspecified atom stereocenters. The largest absolute Gasteiger partial charge is 0.416 e. The van der Waals surface area contributed by atoms with Gasteiger partial charge in [0, 0.05) is 0 Å². The maximum absolute atomic E-state index is 6.90. The Bertz CT molecular complexity index is 415. The van der Waals surface area contributed by atoms with E-state index in [1.807, 2.05) is 0 Å². The molecule has 0 saturated carbocycles. The van der Waals surface area contributed by atoms with E-state index in [4.69, 9.17) is 16.5 Å². The summed E-state index contributed by atoms with van der Waals surface area (Å²) < 4.78 is 27.3. The second-order valence-electron chi connectivity index (χ2n) is 8.72. The smallest absolute Gasteiger partial charge is 0.365 e. The molecule has 1 aliphatic rings.